The second-order valence-corrected chi connectivity index (χ2v) is 7.95. The summed E-state index contributed by atoms with van der Waals surface area (Å²) in [6, 6.07) is 16.3. The summed E-state index contributed by atoms with van der Waals surface area (Å²) in [4.78, 5) is 38.9. The first-order valence-electron chi connectivity index (χ1n) is 10.3. The van der Waals surface area contributed by atoms with E-state index >= 15 is 0 Å². The summed E-state index contributed by atoms with van der Waals surface area (Å²) in [6.45, 7) is -0.375. The molecule has 0 N–H and O–H groups in total. The molecule has 1 fully saturated rings. The van der Waals surface area contributed by atoms with Crippen LogP contribution in [0.3, 0.4) is 0 Å². The summed E-state index contributed by atoms with van der Waals surface area (Å²) in [6.07, 6.45) is 2.40. The lowest BCUT2D eigenvalue weighted by Gasteiger charge is -2.10. The van der Waals surface area contributed by atoms with Crippen LogP contribution in [-0.2, 0) is 16.0 Å². The molecule has 0 unspecified atom stereocenters. The van der Waals surface area contributed by atoms with Crippen LogP contribution < -0.4 is 4.90 Å². The lowest BCUT2D eigenvalue weighted by atomic mass is 10.1. The van der Waals surface area contributed by atoms with Crippen LogP contribution in [0.4, 0.5) is 5.69 Å². The van der Waals surface area contributed by atoms with E-state index in [-0.39, 0.29) is 24.7 Å². The molecule has 3 aromatic rings. The van der Waals surface area contributed by atoms with Gasteiger partial charge in [0.25, 0.3) is 0 Å². The van der Waals surface area contributed by atoms with Crippen LogP contribution in [-0.4, -0.2) is 41.1 Å². The highest BCUT2D eigenvalue weighted by molar-refractivity contribution is 6.04. The van der Waals surface area contributed by atoms with Gasteiger partial charge in [-0.15, -0.1) is 0 Å². The third kappa shape index (κ3) is 3.63. The van der Waals surface area contributed by atoms with Crippen LogP contribution in [0.1, 0.15) is 50.9 Å². The number of carbonyl (C=O) groups excluding carboxylic acids is 3. The number of aromatic nitrogens is 2. The molecule has 2 aromatic carbocycles. The quantitative estimate of drug-likeness (QED) is 0.456. The van der Waals surface area contributed by atoms with Crippen molar-refractivity contribution in [1.82, 2.24) is 9.78 Å². The lowest BCUT2D eigenvalue weighted by molar-refractivity contribution is -0.117. The first-order valence-corrected chi connectivity index (χ1v) is 10.3. The molecular formula is C24H21N3O4. The number of para-hydroxylation sites is 1. The molecule has 7 heteroatoms. The van der Waals surface area contributed by atoms with Gasteiger partial charge >= 0.3 is 5.97 Å². The van der Waals surface area contributed by atoms with Crippen molar-refractivity contribution in [3.8, 4) is 5.69 Å². The Hall–Kier alpha value is -3.74. The summed E-state index contributed by atoms with van der Waals surface area (Å²) >= 11 is 0. The van der Waals surface area contributed by atoms with Crippen molar-refractivity contribution in [3.05, 3.63) is 77.1 Å². The van der Waals surface area contributed by atoms with E-state index in [0.717, 1.165) is 35.5 Å². The van der Waals surface area contributed by atoms with Gasteiger partial charge in [0.2, 0.25) is 5.91 Å². The molecule has 0 atom stereocenters. The maximum absolute atomic E-state index is 12.8. The Kier molecular flexibility index (Phi) is 4.66. The highest BCUT2D eigenvalue weighted by Gasteiger charge is 2.30. The molecule has 1 amide bonds. The van der Waals surface area contributed by atoms with Gasteiger partial charge in [-0.2, -0.15) is 5.10 Å². The lowest BCUT2D eigenvalue weighted by Crippen LogP contribution is -2.20. The fourth-order valence-corrected chi connectivity index (χ4v) is 3.82. The molecular weight excluding hydrogens is 394 g/mol. The first-order chi connectivity index (χ1) is 15.0. The van der Waals surface area contributed by atoms with Gasteiger partial charge in [0.1, 0.15) is 0 Å². The minimum Gasteiger partial charge on any atom is -0.453 e. The Labute approximate surface area is 179 Å². The van der Waals surface area contributed by atoms with Crippen molar-refractivity contribution >= 4 is 23.3 Å². The number of amides is 1. The third-order valence-corrected chi connectivity index (χ3v) is 5.75. The number of rotatable bonds is 6. The Morgan fingerprint density at radius 3 is 2.61 bits per heavy atom. The number of esters is 1. The molecule has 0 spiro atoms. The largest absolute Gasteiger partial charge is 0.453 e. The molecule has 5 rings (SSSR count). The average Bonchev–Trinajstić information content (AvgIpc) is 3.48. The molecule has 31 heavy (non-hydrogen) atoms. The number of ketones is 1. The molecule has 1 saturated carbocycles. The van der Waals surface area contributed by atoms with Gasteiger partial charge in [0.15, 0.2) is 18.1 Å². The first kappa shape index (κ1) is 19.2. The van der Waals surface area contributed by atoms with Gasteiger partial charge in [-0.1, -0.05) is 18.2 Å². The van der Waals surface area contributed by atoms with Crippen LogP contribution in [0.5, 0.6) is 0 Å². The fraction of sp³-hybridized carbons (Fsp3) is 0.250. The normalized spacial score (nSPS) is 15.1. The molecule has 0 saturated heterocycles. The zero-order valence-corrected chi connectivity index (χ0v) is 17.1. The van der Waals surface area contributed by atoms with Gasteiger partial charge in [-0.25, -0.2) is 9.48 Å². The number of carbonyl (C=O) groups is 3. The monoisotopic (exact) mass is 415 g/mol. The molecule has 2 heterocycles. The van der Waals surface area contributed by atoms with Gasteiger partial charge in [0.05, 0.1) is 17.8 Å². The number of hydrogen-bond donors (Lipinski definition) is 0. The summed E-state index contributed by atoms with van der Waals surface area (Å²) in [5, 5.41) is 4.60. The van der Waals surface area contributed by atoms with Gasteiger partial charge in [0, 0.05) is 24.2 Å². The van der Waals surface area contributed by atoms with Crippen LogP contribution in [0.15, 0.2) is 54.6 Å². The number of nitrogens with zero attached hydrogens (tertiary/aromatic N) is 3. The SMILES string of the molecule is CN1C(=O)Cc2cc(C(=O)COC(=O)c3cc(C4CC4)nn3-c3ccccc3)ccc21. The topological polar surface area (TPSA) is 81.5 Å². The summed E-state index contributed by atoms with van der Waals surface area (Å²) in [5.74, 6) is -0.531. The molecule has 1 aliphatic heterocycles. The predicted molar refractivity (Wildman–Crippen MR) is 114 cm³/mol. The second kappa shape index (κ2) is 7.50. The van der Waals surface area contributed by atoms with E-state index in [9.17, 15) is 14.4 Å². The average molecular weight is 415 g/mol. The standard InChI is InChI=1S/C24H21N3O4/c1-26-20-10-9-16(11-17(20)12-23(26)29)22(28)14-31-24(30)21-13-19(15-7-8-15)25-27(21)18-5-3-2-4-6-18/h2-6,9-11,13,15H,7-8,12,14H2,1H3. The van der Waals surface area contributed by atoms with Crippen molar-refractivity contribution in [2.24, 2.45) is 0 Å². The third-order valence-electron chi connectivity index (χ3n) is 5.75. The van der Waals surface area contributed by atoms with Crippen molar-refractivity contribution in [2.75, 3.05) is 18.6 Å². The van der Waals surface area contributed by atoms with Crippen LogP contribution in [0.25, 0.3) is 5.69 Å². The second-order valence-electron chi connectivity index (χ2n) is 7.95. The molecule has 156 valence electrons. The highest BCUT2D eigenvalue weighted by atomic mass is 16.5. The molecule has 1 aliphatic carbocycles. The highest BCUT2D eigenvalue weighted by Crippen LogP contribution is 2.39. The molecule has 0 bridgehead atoms. The van der Waals surface area contributed by atoms with E-state index in [0.29, 0.717) is 17.2 Å². The van der Waals surface area contributed by atoms with E-state index in [1.807, 2.05) is 30.3 Å². The zero-order chi connectivity index (χ0) is 21.5. The van der Waals surface area contributed by atoms with Gasteiger partial charge < -0.3 is 9.64 Å². The number of ether oxygens (including phenoxy) is 1. The molecule has 1 aromatic heterocycles. The van der Waals surface area contributed by atoms with Crippen molar-refractivity contribution < 1.29 is 19.1 Å². The Balaban J connectivity index is 1.33. The van der Waals surface area contributed by atoms with Crippen LogP contribution in [0, 0.1) is 0 Å². The predicted octanol–water partition coefficient (Wildman–Crippen LogP) is 3.31. The van der Waals surface area contributed by atoms with Crippen LogP contribution >= 0.6 is 0 Å². The Morgan fingerprint density at radius 2 is 1.87 bits per heavy atom. The number of Topliss-reactive ketones (excluding diaryl/α,β-unsaturated/α-hetero) is 1. The number of benzene rings is 2. The summed E-state index contributed by atoms with van der Waals surface area (Å²) in [7, 11) is 1.71. The van der Waals surface area contributed by atoms with E-state index in [1.165, 1.54) is 0 Å². The van der Waals surface area contributed by atoms with E-state index < -0.39 is 5.97 Å². The molecule has 7 nitrogen and oxygen atoms in total. The number of likely N-dealkylation sites (N-methyl/N-ethyl adjacent to an activating group) is 1. The fourth-order valence-electron chi connectivity index (χ4n) is 3.82. The zero-order valence-electron chi connectivity index (χ0n) is 17.1. The van der Waals surface area contributed by atoms with E-state index in [1.54, 1.807) is 40.9 Å². The number of fused-ring (bicyclic) bond motifs is 1. The number of anilines is 1. The van der Waals surface area contributed by atoms with Gasteiger partial charge in [-0.3, -0.25) is 9.59 Å². The maximum Gasteiger partial charge on any atom is 0.357 e. The Bertz CT molecular complexity index is 1190. The maximum atomic E-state index is 12.8. The number of hydrogen-bond acceptors (Lipinski definition) is 5. The van der Waals surface area contributed by atoms with E-state index in [2.05, 4.69) is 5.10 Å². The molecule has 2 aliphatic rings. The van der Waals surface area contributed by atoms with E-state index in [4.69, 9.17) is 4.74 Å². The van der Waals surface area contributed by atoms with Gasteiger partial charge in [-0.05, 0) is 54.8 Å². The van der Waals surface area contributed by atoms with Crippen molar-refractivity contribution in [2.45, 2.75) is 25.2 Å². The molecule has 0 radical (unpaired) electrons. The Morgan fingerprint density at radius 1 is 1.10 bits per heavy atom. The minimum absolute atomic E-state index is 0.00772. The summed E-state index contributed by atoms with van der Waals surface area (Å²) < 4.78 is 6.94. The van der Waals surface area contributed by atoms with Crippen molar-refractivity contribution in [1.29, 1.82) is 0 Å². The minimum atomic E-state index is -0.590. The summed E-state index contributed by atoms with van der Waals surface area (Å²) in [5.41, 5.74) is 3.97. The van der Waals surface area contributed by atoms with Crippen LogP contribution in [0.2, 0.25) is 0 Å². The smallest absolute Gasteiger partial charge is 0.357 e. The van der Waals surface area contributed by atoms with Crippen molar-refractivity contribution in [3.63, 3.8) is 0 Å².